The van der Waals surface area contributed by atoms with Gasteiger partial charge in [-0.05, 0) is 6.92 Å². The fourth-order valence-corrected chi connectivity index (χ4v) is 0.415. The van der Waals surface area contributed by atoms with Gasteiger partial charge in [-0.15, -0.1) is 0 Å². The molecule has 4 heteroatoms. The maximum absolute atomic E-state index is 10.8. The molecule has 0 aliphatic heterocycles. The second-order valence-electron chi connectivity index (χ2n) is 2.35. The third kappa shape index (κ3) is 2.14. The molecular formula is C6H12N2O2. The summed E-state index contributed by atoms with van der Waals surface area (Å²) in [7, 11) is 3.03. The molecule has 10 heavy (non-hydrogen) atoms. The zero-order chi connectivity index (χ0) is 8.31. The second kappa shape index (κ2) is 3.31. The molecule has 1 atom stereocenters. The molecule has 0 radical (unpaired) electrons. The van der Waals surface area contributed by atoms with Crippen LogP contribution in [-0.4, -0.2) is 36.7 Å². The minimum absolute atomic E-state index is 0.546. The van der Waals surface area contributed by atoms with E-state index >= 15 is 0 Å². The third-order valence-electron chi connectivity index (χ3n) is 1.03. The summed E-state index contributed by atoms with van der Waals surface area (Å²) < 4.78 is 0. The first-order valence-corrected chi connectivity index (χ1v) is 2.98. The average molecular weight is 144 g/mol. The Labute approximate surface area is 60.0 Å². The molecule has 0 bridgehead atoms. The third-order valence-corrected chi connectivity index (χ3v) is 1.03. The quantitative estimate of drug-likeness (QED) is 0.505. The fraction of sp³-hybridized carbons (Fsp3) is 0.667. The maximum atomic E-state index is 10.8. The maximum Gasteiger partial charge on any atom is 0.291 e. The van der Waals surface area contributed by atoms with Crippen molar-refractivity contribution in [2.24, 2.45) is 5.73 Å². The van der Waals surface area contributed by atoms with Gasteiger partial charge >= 0.3 is 0 Å². The standard InChI is InChI=1S/C6H12N2O2/c1-4(7)5(9)6(10)8(2)3/h4H,7H2,1-3H3. The number of amides is 1. The fourth-order valence-electron chi connectivity index (χ4n) is 0.415. The number of hydrogen-bond donors (Lipinski definition) is 1. The highest BCUT2D eigenvalue weighted by Gasteiger charge is 2.18. The first kappa shape index (κ1) is 9.10. The van der Waals surface area contributed by atoms with Gasteiger partial charge < -0.3 is 10.6 Å². The molecule has 0 aromatic rings. The molecule has 1 unspecified atom stereocenters. The van der Waals surface area contributed by atoms with Crippen molar-refractivity contribution in [3.63, 3.8) is 0 Å². The number of carbonyl (C=O) groups is 2. The van der Waals surface area contributed by atoms with Crippen molar-refractivity contribution in [1.82, 2.24) is 4.90 Å². The first-order chi connectivity index (χ1) is 4.46. The number of nitrogens with two attached hydrogens (primary N) is 1. The van der Waals surface area contributed by atoms with Crippen LogP contribution in [0.5, 0.6) is 0 Å². The van der Waals surface area contributed by atoms with Crippen molar-refractivity contribution < 1.29 is 9.59 Å². The van der Waals surface area contributed by atoms with E-state index in [1.54, 1.807) is 0 Å². The molecule has 2 N–H and O–H groups in total. The number of carbonyl (C=O) groups excluding carboxylic acids is 2. The summed E-state index contributed by atoms with van der Waals surface area (Å²) in [5.41, 5.74) is 5.18. The molecule has 0 heterocycles. The number of ketones is 1. The van der Waals surface area contributed by atoms with E-state index < -0.39 is 17.7 Å². The number of Topliss-reactive ketones (excluding diaryl/α,β-unsaturated/α-hetero) is 1. The molecule has 0 saturated heterocycles. The van der Waals surface area contributed by atoms with E-state index in [1.165, 1.54) is 25.9 Å². The van der Waals surface area contributed by atoms with Crippen LogP contribution in [0.15, 0.2) is 0 Å². The SMILES string of the molecule is CC(N)C(=O)C(=O)N(C)C. The van der Waals surface area contributed by atoms with Crippen LogP contribution in [-0.2, 0) is 9.59 Å². The smallest absolute Gasteiger partial charge is 0.291 e. The zero-order valence-corrected chi connectivity index (χ0v) is 6.42. The number of rotatable bonds is 2. The Morgan fingerprint density at radius 3 is 1.90 bits per heavy atom. The Morgan fingerprint density at radius 1 is 1.40 bits per heavy atom. The van der Waals surface area contributed by atoms with E-state index in [4.69, 9.17) is 5.73 Å². The monoisotopic (exact) mass is 144 g/mol. The zero-order valence-electron chi connectivity index (χ0n) is 6.42. The lowest BCUT2D eigenvalue weighted by atomic mass is 10.2. The van der Waals surface area contributed by atoms with Crippen molar-refractivity contribution >= 4 is 11.7 Å². The van der Waals surface area contributed by atoms with Gasteiger partial charge in [-0.25, -0.2) is 0 Å². The van der Waals surface area contributed by atoms with Crippen molar-refractivity contribution in [3.05, 3.63) is 0 Å². The molecule has 0 aliphatic carbocycles. The van der Waals surface area contributed by atoms with E-state index in [9.17, 15) is 9.59 Å². The van der Waals surface area contributed by atoms with E-state index in [0.29, 0.717) is 0 Å². The molecular weight excluding hydrogens is 132 g/mol. The Balaban J connectivity index is 4.10. The average Bonchev–Trinajstić information content (AvgIpc) is 1.84. The van der Waals surface area contributed by atoms with Gasteiger partial charge in [0, 0.05) is 14.1 Å². The highest BCUT2D eigenvalue weighted by molar-refractivity contribution is 6.37. The lowest BCUT2D eigenvalue weighted by Crippen LogP contribution is -2.40. The predicted molar refractivity (Wildman–Crippen MR) is 37.4 cm³/mol. The van der Waals surface area contributed by atoms with Gasteiger partial charge in [0.25, 0.3) is 5.91 Å². The predicted octanol–water partition coefficient (Wildman–Crippen LogP) is -1.01. The normalized spacial score (nSPS) is 12.4. The van der Waals surface area contributed by atoms with Crippen LogP contribution in [0, 0.1) is 0 Å². The lowest BCUT2D eigenvalue weighted by Gasteiger charge is -2.09. The van der Waals surface area contributed by atoms with Gasteiger partial charge in [0.1, 0.15) is 0 Å². The highest BCUT2D eigenvalue weighted by Crippen LogP contribution is 1.85. The Morgan fingerprint density at radius 2 is 1.80 bits per heavy atom. The van der Waals surface area contributed by atoms with Crippen molar-refractivity contribution in [2.75, 3.05) is 14.1 Å². The summed E-state index contributed by atoms with van der Waals surface area (Å²) in [6.45, 7) is 1.49. The van der Waals surface area contributed by atoms with Gasteiger partial charge in [0.2, 0.25) is 5.78 Å². The summed E-state index contributed by atoms with van der Waals surface area (Å²) in [5.74, 6) is -1.10. The van der Waals surface area contributed by atoms with E-state index in [1.807, 2.05) is 0 Å². The molecule has 0 aliphatic rings. The van der Waals surface area contributed by atoms with Crippen molar-refractivity contribution in [1.29, 1.82) is 0 Å². The summed E-state index contributed by atoms with van der Waals surface area (Å²) >= 11 is 0. The van der Waals surface area contributed by atoms with Gasteiger partial charge in [-0.3, -0.25) is 9.59 Å². The molecule has 58 valence electrons. The second-order valence-corrected chi connectivity index (χ2v) is 2.35. The van der Waals surface area contributed by atoms with Crippen LogP contribution in [0.25, 0.3) is 0 Å². The lowest BCUT2D eigenvalue weighted by molar-refractivity contribution is -0.143. The number of nitrogens with zero attached hydrogens (tertiary/aromatic N) is 1. The van der Waals surface area contributed by atoms with Crippen LogP contribution < -0.4 is 5.73 Å². The topological polar surface area (TPSA) is 63.4 Å². The summed E-state index contributed by atoms with van der Waals surface area (Å²) in [4.78, 5) is 22.8. The molecule has 0 saturated carbocycles. The molecule has 0 fully saturated rings. The number of likely N-dealkylation sites (N-methyl/N-ethyl adjacent to an activating group) is 1. The Hall–Kier alpha value is -0.900. The minimum Gasteiger partial charge on any atom is -0.342 e. The van der Waals surface area contributed by atoms with Gasteiger partial charge in [-0.1, -0.05) is 0 Å². The summed E-state index contributed by atoms with van der Waals surface area (Å²) in [5, 5.41) is 0. The van der Waals surface area contributed by atoms with Crippen LogP contribution in [0.3, 0.4) is 0 Å². The highest BCUT2D eigenvalue weighted by atomic mass is 16.2. The summed E-state index contributed by atoms with van der Waals surface area (Å²) in [6, 6.07) is -0.699. The molecule has 0 aromatic heterocycles. The van der Waals surface area contributed by atoms with E-state index in [2.05, 4.69) is 0 Å². The van der Waals surface area contributed by atoms with Crippen molar-refractivity contribution in [2.45, 2.75) is 13.0 Å². The van der Waals surface area contributed by atoms with E-state index in [-0.39, 0.29) is 0 Å². The van der Waals surface area contributed by atoms with Gasteiger partial charge in [0.05, 0.1) is 6.04 Å². The molecule has 0 aromatic carbocycles. The van der Waals surface area contributed by atoms with Crippen molar-refractivity contribution in [3.8, 4) is 0 Å². The number of hydrogen-bond acceptors (Lipinski definition) is 3. The first-order valence-electron chi connectivity index (χ1n) is 2.98. The molecule has 0 rings (SSSR count). The molecule has 0 spiro atoms. The Kier molecular flexibility index (Phi) is 3.02. The molecule has 4 nitrogen and oxygen atoms in total. The Bertz CT molecular complexity index is 134. The van der Waals surface area contributed by atoms with Gasteiger partial charge in [-0.2, -0.15) is 0 Å². The minimum atomic E-state index is -0.699. The van der Waals surface area contributed by atoms with Crippen LogP contribution in [0.2, 0.25) is 0 Å². The largest absolute Gasteiger partial charge is 0.342 e. The van der Waals surface area contributed by atoms with E-state index in [0.717, 1.165) is 0 Å². The van der Waals surface area contributed by atoms with Crippen LogP contribution in [0.4, 0.5) is 0 Å². The van der Waals surface area contributed by atoms with Crippen LogP contribution >= 0.6 is 0 Å². The van der Waals surface area contributed by atoms with Crippen LogP contribution in [0.1, 0.15) is 6.92 Å². The molecule has 1 amide bonds. The summed E-state index contributed by atoms with van der Waals surface area (Å²) in [6.07, 6.45) is 0. The van der Waals surface area contributed by atoms with Gasteiger partial charge in [0.15, 0.2) is 0 Å².